The average molecular weight is 234 g/mol. The number of nitrogens with two attached hydrogens (primary N) is 1. The molecule has 0 bridgehead atoms. The van der Waals surface area contributed by atoms with Gasteiger partial charge >= 0.3 is 0 Å². The van der Waals surface area contributed by atoms with Gasteiger partial charge in [-0.15, -0.1) is 0 Å². The van der Waals surface area contributed by atoms with Crippen LogP contribution >= 0.6 is 0 Å². The van der Waals surface area contributed by atoms with Crippen molar-refractivity contribution in [2.75, 3.05) is 24.3 Å². The predicted molar refractivity (Wildman–Crippen MR) is 67.9 cm³/mol. The maximum Gasteiger partial charge on any atom is 0.229 e. The fourth-order valence-corrected chi connectivity index (χ4v) is 1.92. The van der Waals surface area contributed by atoms with Crippen LogP contribution in [0.25, 0.3) is 0 Å². The fraction of sp³-hybridized carbons (Fsp3) is 0.462. The Balaban J connectivity index is 2.12. The Kier molecular flexibility index (Phi) is 3.33. The molecule has 1 fully saturated rings. The summed E-state index contributed by atoms with van der Waals surface area (Å²) in [6.07, 6.45) is 0.788. The second-order valence-electron chi connectivity index (χ2n) is 4.57. The molecular formula is C13H18N2O2. The maximum atomic E-state index is 11.9. The van der Waals surface area contributed by atoms with E-state index in [9.17, 15) is 4.79 Å². The number of carbonyl (C=O) groups excluding carboxylic acids is 1. The second kappa shape index (κ2) is 4.75. The molecular weight excluding hydrogens is 216 g/mol. The van der Waals surface area contributed by atoms with E-state index in [-0.39, 0.29) is 11.8 Å². The molecule has 4 heteroatoms. The number of ether oxygens (including phenoxy) is 1. The van der Waals surface area contributed by atoms with Crippen molar-refractivity contribution < 1.29 is 9.53 Å². The lowest BCUT2D eigenvalue weighted by Crippen LogP contribution is -2.23. The number of hydrogen-bond donors (Lipinski definition) is 2. The highest BCUT2D eigenvalue weighted by Crippen LogP contribution is 2.24. The Labute approximate surface area is 101 Å². The molecule has 1 unspecified atom stereocenters. The first-order chi connectivity index (χ1) is 8.08. The van der Waals surface area contributed by atoms with Gasteiger partial charge in [-0.3, -0.25) is 4.79 Å². The molecule has 0 aromatic heterocycles. The third-order valence-corrected chi connectivity index (χ3v) is 3.22. The van der Waals surface area contributed by atoms with Crippen LogP contribution < -0.4 is 11.1 Å². The van der Waals surface area contributed by atoms with Crippen LogP contribution in [0.15, 0.2) is 12.1 Å². The Morgan fingerprint density at radius 1 is 1.41 bits per heavy atom. The summed E-state index contributed by atoms with van der Waals surface area (Å²) in [4.78, 5) is 11.9. The van der Waals surface area contributed by atoms with Crippen LogP contribution in [0.4, 0.5) is 11.4 Å². The summed E-state index contributed by atoms with van der Waals surface area (Å²) in [5.41, 5.74) is 9.45. The zero-order valence-corrected chi connectivity index (χ0v) is 10.2. The molecule has 1 heterocycles. The van der Waals surface area contributed by atoms with Crippen molar-refractivity contribution >= 4 is 17.3 Å². The van der Waals surface area contributed by atoms with Crippen LogP contribution in [-0.4, -0.2) is 19.1 Å². The monoisotopic (exact) mass is 234 g/mol. The van der Waals surface area contributed by atoms with Gasteiger partial charge in [-0.25, -0.2) is 0 Å². The van der Waals surface area contributed by atoms with Crippen LogP contribution in [0.3, 0.4) is 0 Å². The van der Waals surface area contributed by atoms with Gasteiger partial charge in [-0.05, 0) is 43.5 Å². The van der Waals surface area contributed by atoms with E-state index in [1.54, 1.807) is 0 Å². The molecule has 4 nitrogen and oxygen atoms in total. The Morgan fingerprint density at radius 2 is 2.12 bits per heavy atom. The summed E-state index contributed by atoms with van der Waals surface area (Å²) in [5.74, 6) is -0.0477. The minimum atomic E-state index is -0.0454. The van der Waals surface area contributed by atoms with Gasteiger partial charge in [0.2, 0.25) is 5.91 Å². The third-order valence-electron chi connectivity index (χ3n) is 3.22. The molecule has 2 rings (SSSR count). The van der Waals surface area contributed by atoms with E-state index < -0.39 is 0 Å². The molecule has 0 saturated carbocycles. The summed E-state index contributed by atoms with van der Waals surface area (Å²) >= 11 is 0. The zero-order valence-electron chi connectivity index (χ0n) is 10.2. The summed E-state index contributed by atoms with van der Waals surface area (Å²) < 4.78 is 5.20. The molecule has 1 atom stereocenters. The van der Waals surface area contributed by atoms with E-state index in [1.165, 1.54) is 0 Å². The van der Waals surface area contributed by atoms with Crippen molar-refractivity contribution in [2.45, 2.75) is 20.3 Å². The number of carbonyl (C=O) groups is 1. The zero-order chi connectivity index (χ0) is 12.4. The van der Waals surface area contributed by atoms with Gasteiger partial charge in [0.25, 0.3) is 0 Å². The normalized spacial score (nSPS) is 19.3. The van der Waals surface area contributed by atoms with E-state index in [2.05, 4.69) is 5.32 Å². The standard InChI is InChI=1S/C13H18N2O2/c1-8-5-11(14)12(6-9(8)2)15-13(16)10-3-4-17-7-10/h5-6,10H,3-4,7,14H2,1-2H3,(H,15,16). The van der Waals surface area contributed by atoms with Gasteiger partial charge in [0.1, 0.15) is 0 Å². The number of nitrogens with one attached hydrogen (secondary N) is 1. The van der Waals surface area contributed by atoms with Crippen LogP contribution in [0.1, 0.15) is 17.5 Å². The first-order valence-electron chi connectivity index (χ1n) is 5.83. The summed E-state index contributed by atoms with van der Waals surface area (Å²) in [5, 5.41) is 2.88. The van der Waals surface area contributed by atoms with E-state index in [4.69, 9.17) is 10.5 Å². The SMILES string of the molecule is Cc1cc(N)c(NC(=O)C2CCOC2)cc1C. The minimum Gasteiger partial charge on any atom is -0.397 e. The lowest BCUT2D eigenvalue weighted by Gasteiger charge is -2.13. The van der Waals surface area contributed by atoms with Gasteiger partial charge in [0.05, 0.1) is 23.9 Å². The smallest absolute Gasteiger partial charge is 0.229 e. The third kappa shape index (κ3) is 2.58. The lowest BCUT2D eigenvalue weighted by molar-refractivity contribution is -0.119. The predicted octanol–water partition coefficient (Wildman–Crippen LogP) is 1.86. The topological polar surface area (TPSA) is 64.3 Å². The van der Waals surface area contributed by atoms with Crippen molar-refractivity contribution in [3.8, 4) is 0 Å². The molecule has 0 radical (unpaired) electrons. The number of amides is 1. The highest BCUT2D eigenvalue weighted by molar-refractivity contribution is 5.95. The second-order valence-corrected chi connectivity index (χ2v) is 4.57. The quantitative estimate of drug-likeness (QED) is 0.768. The summed E-state index contributed by atoms with van der Waals surface area (Å²) in [6, 6.07) is 3.80. The summed E-state index contributed by atoms with van der Waals surface area (Å²) in [6.45, 7) is 5.18. The van der Waals surface area contributed by atoms with Gasteiger partial charge in [-0.1, -0.05) is 0 Å². The first kappa shape index (κ1) is 11.9. The summed E-state index contributed by atoms with van der Waals surface area (Å²) in [7, 11) is 0. The first-order valence-corrected chi connectivity index (χ1v) is 5.83. The Bertz CT molecular complexity index is 437. The van der Waals surface area contributed by atoms with Gasteiger partial charge < -0.3 is 15.8 Å². The Hall–Kier alpha value is -1.55. The molecule has 0 spiro atoms. The Morgan fingerprint density at radius 3 is 2.76 bits per heavy atom. The molecule has 1 amide bonds. The van der Waals surface area contributed by atoms with Crippen molar-refractivity contribution in [1.29, 1.82) is 0 Å². The lowest BCUT2D eigenvalue weighted by atomic mass is 10.1. The number of benzene rings is 1. The fourth-order valence-electron chi connectivity index (χ4n) is 1.92. The molecule has 1 aromatic carbocycles. The van der Waals surface area contributed by atoms with E-state index in [0.29, 0.717) is 24.6 Å². The average Bonchev–Trinajstić information content (AvgIpc) is 2.79. The van der Waals surface area contributed by atoms with Gasteiger partial charge in [0.15, 0.2) is 0 Å². The van der Waals surface area contributed by atoms with Crippen molar-refractivity contribution in [3.63, 3.8) is 0 Å². The van der Waals surface area contributed by atoms with Crippen LogP contribution in [0.5, 0.6) is 0 Å². The molecule has 0 aliphatic carbocycles. The number of anilines is 2. The van der Waals surface area contributed by atoms with E-state index in [1.807, 2.05) is 26.0 Å². The van der Waals surface area contributed by atoms with Crippen LogP contribution in [0, 0.1) is 19.8 Å². The van der Waals surface area contributed by atoms with Crippen molar-refractivity contribution in [2.24, 2.45) is 5.92 Å². The molecule has 1 aliphatic rings. The number of nitrogen functional groups attached to an aromatic ring is 1. The molecule has 92 valence electrons. The minimum absolute atomic E-state index is 0.00236. The van der Waals surface area contributed by atoms with Gasteiger partial charge in [-0.2, -0.15) is 0 Å². The van der Waals surface area contributed by atoms with E-state index >= 15 is 0 Å². The molecule has 1 aliphatic heterocycles. The molecule has 1 aromatic rings. The molecule has 17 heavy (non-hydrogen) atoms. The largest absolute Gasteiger partial charge is 0.397 e. The number of rotatable bonds is 2. The van der Waals surface area contributed by atoms with Crippen molar-refractivity contribution in [3.05, 3.63) is 23.3 Å². The number of aryl methyl sites for hydroxylation is 2. The van der Waals surface area contributed by atoms with Crippen LogP contribution in [0.2, 0.25) is 0 Å². The van der Waals surface area contributed by atoms with Gasteiger partial charge in [0, 0.05) is 6.61 Å². The maximum absolute atomic E-state index is 11.9. The van der Waals surface area contributed by atoms with E-state index in [0.717, 1.165) is 17.5 Å². The molecule has 3 N–H and O–H groups in total. The molecule has 1 saturated heterocycles. The highest BCUT2D eigenvalue weighted by atomic mass is 16.5. The van der Waals surface area contributed by atoms with Crippen LogP contribution in [-0.2, 0) is 9.53 Å². The highest BCUT2D eigenvalue weighted by Gasteiger charge is 2.23. The van der Waals surface area contributed by atoms with Crippen molar-refractivity contribution in [1.82, 2.24) is 0 Å². The number of hydrogen-bond acceptors (Lipinski definition) is 3.